The number of hydrogen-bond acceptors (Lipinski definition) is 4. The second kappa shape index (κ2) is 6.50. The molecule has 1 aromatic heterocycles. The van der Waals surface area contributed by atoms with E-state index >= 15 is 0 Å². The standard InChI is InChI=1S/C17H19N3O2S/c1-10-4-3-5-11(2)15(10)19-14(21)8-13-9-23-17(18-13)20-16(22)12-6-7-12/h3-5,9,12H,6-8H2,1-2H3,(H,19,21)(H,18,20,22). The van der Waals surface area contributed by atoms with Crippen LogP contribution in [0.25, 0.3) is 0 Å². The number of para-hydroxylation sites is 1. The Bertz CT molecular complexity index is 730. The number of nitrogens with zero attached hydrogens (tertiary/aromatic N) is 1. The summed E-state index contributed by atoms with van der Waals surface area (Å²) < 4.78 is 0. The third kappa shape index (κ3) is 3.96. The zero-order valence-corrected chi connectivity index (χ0v) is 14.0. The second-order valence-electron chi connectivity index (χ2n) is 5.90. The topological polar surface area (TPSA) is 71.1 Å². The molecule has 3 rings (SSSR count). The van der Waals surface area contributed by atoms with Gasteiger partial charge in [-0.2, -0.15) is 0 Å². The molecule has 0 bridgehead atoms. The molecule has 2 amide bonds. The summed E-state index contributed by atoms with van der Waals surface area (Å²) in [7, 11) is 0. The number of amides is 2. The van der Waals surface area contributed by atoms with Crippen LogP contribution in [0.4, 0.5) is 10.8 Å². The maximum Gasteiger partial charge on any atom is 0.230 e. The lowest BCUT2D eigenvalue weighted by Crippen LogP contribution is -2.16. The molecule has 0 saturated heterocycles. The van der Waals surface area contributed by atoms with Crippen molar-refractivity contribution in [1.29, 1.82) is 0 Å². The Morgan fingerprint density at radius 2 is 1.91 bits per heavy atom. The van der Waals surface area contributed by atoms with E-state index in [4.69, 9.17) is 0 Å². The van der Waals surface area contributed by atoms with Crippen LogP contribution in [0.5, 0.6) is 0 Å². The van der Waals surface area contributed by atoms with Gasteiger partial charge >= 0.3 is 0 Å². The molecule has 120 valence electrons. The highest BCUT2D eigenvalue weighted by Gasteiger charge is 2.30. The SMILES string of the molecule is Cc1cccc(C)c1NC(=O)Cc1csc(NC(=O)C2CC2)n1. The highest BCUT2D eigenvalue weighted by Crippen LogP contribution is 2.30. The highest BCUT2D eigenvalue weighted by atomic mass is 32.1. The number of anilines is 2. The predicted octanol–water partition coefficient (Wildman–Crippen LogP) is 3.29. The van der Waals surface area contributed by atoms with Crippen LogP contribution in [0.1, 0.15) is 29.7 Å². The lowest BCUT2D eigenvalue weighted by molar-refractivity contribution is -0.117. The van der Waals surface area contributed by atoms with Crippen LogP contribution in [-0.2, 0) is 16.0 Å². The first-order chi connectivity index (χ1) is 11.0. The molecule has 1 heterocycles. The van der Waals surface area contributed by atoms with Gasteiger partial charge in [0.05, 0.1) is 12.1 Å². The number of carbonyl (C=O) groups excluding carboxylic acids is 2. The molecule has 1 saturated carbocycles. The predicted molar refractivity (Wildman–Crippen MR) is 91.7 cm³/mol. The van der Waals surface area contributed by atoms with Crippen molar-refractivity contribution in [2.45, 2.75) is 33.1 Å². The average Bonchev–Trinajstić information content (AvgIpc) is 3.26. The van der Waals surface area contributed by atoms with Gasteiger partial charge < -0.3 is 10.6 Å². The second-order valence-corrected chi connectivity index (χ2v) is 6.76. The van der Waals surface area contributed by atoms with Crippen LogP contribution in [0.3, 0.4) is 0 Å². The maximum absolute atomic E-state index is 12.2. The van der Waals surface area contributed by atoms with Crippen molar-refractivity contribution in [2.75, 3.05) is 10.6 Å². The van der Waals surface area contributed by atoms with Crippen molar-refractivity contribution < 1.29 is 9.59 Å². The molecule has 0 unspecified atom stereocenters. The summed E-state index contributed by atoms with van der Waals surface area (Å²) in [5, 5.41) is 8.12. The molecule has 0 radical (unpaired) electrons. The van der Waals surface area contributed by atoms with E-state index in [0.29, 0.717) is 10.8 Å². The first kappa shape index (κ1) is 15.7. The van der Waals surface area contributed by atoms with Crippen molar-refractivity contribution in [3.8, 4) is 0 Å². The highest BCUT2D eigenvalue weighted by molar-refractivity contribution is 7.13. The summed E-state index contributed by atoms with van der Waals surface area (Å²) in [6.07, 6.45) is 2.12. The largest absolute Gasteiger partial charge is 0.325 e. The molecule has 1 aliphatic carbocycles. The van der Waals surface area contributed by atoms with Crippen LogP contribution in [0, 0.1) is 19.8 Å². The molecule has 1 fully saturated rings. The van der Waals surface area contributed by atoms with Crippen LogP contribution >= 0.6 is 11.3 Å². The Hall–Kier alpha value is -2.21. The van der Waals surface area contributed by atoms with Gasteiger partial charge in [0, 0.05) is 17.0 Å². The van der Waals surface area contributed by atoms with Gasteiger partial charge in [0.15, 0.2) is 5.13 Å². The van der Waals surface area contributed by atoms with Crippen LogP contribution in [-0.4, -0.2) is 16.8 Å². The number of aryl methyl sites for hydroxylation is 2. The first-order valence-corrected chi connectivity index (χ1v) is 8.52. The molecule has 6 heteroatoms. The average molecular weight is 329 g/mol. The van der Waals surface area contributed by atoms with Gasteiger partial charge in [-0.15, -0.1) is 11.3 Å². The fourth-order valence-corrected chi connectivity index (χ4v) is 3.07. The van der Waals surface area contributed by atoms with Crippen molar-refractivity contribution in [2.24, 2.45) is 5.92 Å². The summed E-state index contributed by atoms with van der Waals surface area (Å²) in [4.78, 5) is 28.2. The number of hydrogen-bond donors (Lipinski definition) is 2. The molecule has 23 heavy (non-hydrogen) atoms. The summed E-state index contributed by atoms with van der Waals surface area (Å²) in [5.41, 5.74) is 3.60. The number of nitrogens with one attached hydrogen (secondary N) is 2. The lowest BCUT2D eigenvalue weighted by atomic mass is 10.1. The smallest absolute Gasteiger partial charge is 0.230 e. The molecule has 2 aromatic rings. The molecule has 0 atom stereocenters. The van der Waals surface area contributed by atoms with Crippen molar-refractivity contribution in [1.82, 2.24) is 4.98 Å². The van der Waals surface area contributed by atoms with Crippen LogP contribution < -0.4 is 10.6 Å². The van der Waals surface area contributed by atoms with Gasteiger partial charge in [-0.3, -0.25) is 9.59 Å². The number of rotatable bonds is 5. The number of aromatic nitrogens is 1. The van der Waals surface area contributed by atoms with Gasteiger partial charge in [0.1, 0.15) is 0 Å². The minimum atomic E-state index is -0.104. The summed E-state index contributed by atoms with van der Waals surface area (Å²) >= 11 is 1.35. The Morgan fingerprint density at radius 3 is 2.57 bits per heavy atom. The van der Waals surface area contributed by atoms with E-state index in [2.05, 4.69) is 15.6 Å². The Labute approximate surface area is 139 Å². The van der Waals surface area contributed by atoms with E-state index in [-0.39, 0.29) is 24.2 Å². The summed E-state index contributed by atoms with van der Waals surface area (Å²) in [6.45, 7) is 3.94. The van der Waals surface area contributed by atoms with Gasteiger partial charge in [-0.05, 0) is 37.8 Å². The molecule has 0 spiro atoms. The minimum Gasteiger partial charge on any atom is -0.325 e. The molecule has 0 aliphatic heterocycles. The first-order valence-electron chi connectivity index (χ1n) is 7.64. The Morgan fingerprint density at radius 1 is 1.22 bits per heavy atom. The normalized spacial score (nSPS) is 13.7. The monoisotopic (exact) mass is 329 g/mol. The molecule has 1 aliphatic rings. The molecule has 1 aromatic carbocycles. The van der Waals surface area contributed by atoms with Crippen molar-refractivity contribution in [3.63, 3.8) is 0 Å². The Balaban J connectivity index is 1.59. The van der Waals surface area contributed by atoms with E-state index in [1.54, 1.807) is 0 Å². The van der Waals surface area contributed by atoms with Crippen molar-refractivity contribution in [3.05, 3.63) is 40.4 Å². The van der Waals surface area contributed by atoms with Gasteiger partial charge in [-0.1, -0.05) is 18.2 Å². The van der Waals surface area contributed by atoms with Crippen LogP contribution in [0.15, 0.2) is 23.6 Å². The third-order valence-electron chi connectivity index (χ3n) is 3.82. The lowest BCUT2D eigenvalue weighted by Gasteiger charge is -2.10. The summed E-state index contributed by atoms with van der Waals surface area (Å²) in [5.74, 6) is 0.0772. The van der Waals surface area contributed by atoms with E-state index in [1.807, 2.05) is 37.4 Å². The van der Waals surface area contributed by atoms with E-state index in [1.165, 1.54) is 11.3 Å². The third-order valence-corrected chi connectivity index (χ3v) is 4.62. The molecular formula is C17H19N3O2S. The fraction of sp³-hybridized carbons (Fsp3) is 0.353. The summed E-state index contributed by atoms with van der Waals surface area (Å²) in [6, 6.07) is 5.91. The zero-order chi connectivity index (χ0) is 16.4. The minimum absolute atomic E-state index is 0.0332. The molecular weight excluding hydrogens is 310 g/mol. The zero-order valence-electron chi connectivity index (χ0n) is 13.2. The van der Waals surface area contributed by atoms with E-state index in [9.17, 15) is 9.59 Å². The molecule has 2 N–H and O–H groups in total. The maximum atomic E-state index is 12.2. The van der Waals surface area contributed by atoms with E-state index < -0.39 is 0 Å². The quantitative estimate of drug-likeness (QED) is 0.884. The van der Waals surface area contributed by atoms with Crippen LogP contribution in [0.2, 0.25) is 0 Å². The van der Waals surface area contributed by atoms with E-state index in [0.717, 1.165) is 29.7 Å². The number of benzene rings is 1. The number of carbonyl (C=O) groups is 2. The molecule has 5 nitrogen and oxygen atoms in total. The fourth-order valence-electron chi connectivity index (χ4n) is 2.36. The van der Waals surface area contributed by atoms with Gasteiger partial charge in [0.2, 0.25) is 11.8 Å². The van der Waals surface area contributed by atoms with Gasteiger partial charge in [0.25, 0.3) is 0 Å². The van der Waals surface area contributed by atoms with Crippen molar-refractivity contribution >= 4 is 34.0 Å². The van der Waals surface area contributed by atoms with Gasteiger partial charge in [-0.25, -0.2) is 4.98 Å². The Kier molecular flexibility index (Phi) is 4.43. The number of thiazole rings is 1.